The number of rotatable bonds is 4. The van der Waals surface area contributed by atoms with E-state index in [-0.39, 0.29) is 0 Å². The van der Waals surface area contributed by atoms with Crippen LogP contribution in [0.2, 0.25) is 0 Å². The Kier molecular flexibility index (Phi) is 4.15. The van der Waals surface area contributed by atoms with Crippen molar-refractivity contribution in [3.8, 4) is 0 Å². The number of amides is 1. The van der Waals surface area contributed by atoms with Gasteiger partial charge in [-0.2, -0.15) is 0 Å². The number of nitrogens with one attached hydrogen (secondary N) is 1. The van der Waals surface area contributed by atoms with Gasteiger partial charge in [-0.3, -0.25) is 4.79 Å². The lowest BCUT2D eigenvalue weighted by Crippen LogP contribution is -2.41. The highest BCUT2D eigenvalue weighted by molar-refractivity contribution is 5.97. The molecule has 3 N–H and O–H groups in total. The minimum atomic E-state index is -0.442. The summed E-state index contributed by atoms with van der Waals surface area (Å²) in [6.07, 6.45) is 5.38. The zero-order valence-electron chi connectivity index (χ0n) is 10.7. The van der Waals surface area contributed by atoms with Crippen LogP contribution in [0.3, 0.4) is 0 Å². The first-order chi connectivity index (χ1) is 8.68. The molecule has 1 aliphatic heterocycles. The molecular weight excluding hydrogens is 228 g/mol. The lowest BCUT2D eigenvalue weighted by Gasteiger charge is -2.32. The quantitative estimate of drug-likeness (QED) is 0.836. The van der Waals surface area contributed by atoms with Gasteiger partial charge in [-0.05, 0) is 38.6 Å². The minimum Gasteiger partial charge on any atom is -0.368 e. The smallest absolute Gasteiger partial charge is 0.252 e. The molecule has 98 valence electrons. The molecule has 18 heavy (non-hydrogen) atoms. The normalized spacial score (nSPS) is 20.6. The molecule has 1 aromatic heterocycles. The van der Waals surface area contributed by atoms with Crippen LogP contribution in [0.15, 0.2) is 18.3 Å². The molecule has 1 fully saturated rings. The van der Waals surface area contributed by atoms with Crippen LogP contribution in [-0.4, -0.2) is 42.0 Å². The number of likely N-dealkylation sites (tertiary alicyclic amines) is 1. The van der Waals surface area contributed by atoms with Crippen molar-refractivity contribution < 1.29 is 4.79 Å². The van der Waals surface area contributed by atoms with Crippen LogP contribution in [0, 0.1) is 0 Å². The molecule has 0 bridgehead atoms. The second kappa shape index (κ2) is 5.82. The van der Waals surface area contributed by atoms with Gasteiger partial charge in [-0.15, -0.1) is 0 Å². The third kappa shape index (κ3) is 2.98. The number of nitrogens with two attached hydrogens (primary N) is 1. The summed E-state index contributed by atoms with van der Waals surface area (Å²) in [6.45, 7) is 1.94. The standard InChI is InChI=1S/C13H20N4O/c1-17-8-3-2-5-10(17)9-16-13-11(12(14)18)6-4-7-15-13/h4,6-7,10H,2-3,5,8-9H2,1H3,(H2,14,18)(H,15,16). The Hall–Kier alpha value is -1.62. The Morgan fingerprint density at radius 1 is 1.61 bits per heavy atom. The summed E-state index contributed by atoms with van der Waals surface area (Å²) in [7, 11) is 2.14. The highest BCUT2D eigenvalue weighted by Crippen LogP contribution is 2.16. The SMILES string of the molecule is CN1CCCCC1CNc1ncccc1C(N)=O. The zero-order valence-corrected chi connectivity index (χ0v) is 10.7. The summed E-state index contributed by atoms with van der Waals surface area (Å²) in [6, 6.07) is 3.92. The molecule has 0 aliphatic carbocycles. The molecule has 0 radical (unpaired) electrons. The Bertz CT molecular complexity index is 421. The number of hydrogen-bond donors (Lipinski definition) is 2. The predicted octanol–water partition coefficient (Wildman–Crippen LogP) is 1.08. The fraction of sp³-hybridized carbons (Fsp3) is 0.538. The maximum Gasteiger partial charge on any atom is 0.252 e. The minimum absolute atomic E-state index is 0.442. The van der Waals surface area contributed by atoms with Gasteiger partial charge in [-0.25, -0.2) is 4.98 Å². The second-order valence-corrected chi connectivity index (χ2v) is 4.77. The highest BCUT2D eigenvalue weighted by atomic mass is 16.1. The van der Waals surface area contributed by atoms with Crippen LogP contribution in [0.4, 0.5) is 5.82 Å². The van der Waals surface area contributed by atoms with Gasteiger partial charge in [0.15, 0.2) is 0 Å². The van der Waals surface area contributed by atoms with E-state index in [4.69, 9.17) is 5.73 Å². The average Bonchev–Trinajstić information content (AvgIpc) is 2.38. The molecule has 1 amide bonds. The molecule has 1 saturated heterocycles. The Labute approximate surface area is 107 Å². The Morgan fingerprint density at radius 3 is 3.17 bits per heavy atom. The lowest BCUT2D eigenvalue weighted by molar-refractivity contribution is 0.100. The van der Waals surface area contributed by atoms with E-state index in [2.05, 4.69) is 22.2 Å². The van der Waals surface area contributed by atoms with Crippen molar-refractivity contribution in [3.63, 3.8) is 0 Å². The van der Waals surface area contributed by atoms with Crippen molar-refractivity contribution in [2.24, 2.45) is 5.73 Å². The summed E-state index contributed by atoms with van der Waals surface area (Å²) in [5.41, 5.74) is 5.78. The maximum atomic E-state index is 11.3. The van der Waals surface area contributed by atoms with Crippen LogP contribution >= 0.6 is 0 Å². The molecule has 0 spiro atoms. The first-order valence-electron chi connectivity index (χ1n) is 6.37. The maximum absolute atomic E-state index is 11.3. The summed E-state index contributed by atoms with van der Waals surface area (Å²) < 4.78 is 0. The molecule has 5 nitrogen and oxygen atoms in total. The number of primary amides is 1. The Balaban J connectivity index is 1.99. The number of anilines is 1. The number of carbonyl (C=O) groups excluding carboxylic acids is 1. The topological polar surface area (TPSA) is 71.2 Å². The average molecular weight is 248 g/mol. The third-order valence-electron chi connectivity index (χ3n) is 3.50. The van der Waals surface area contributed by atoms with Gasteiger partial charge in [0.25, 0.3) is 5.91 Å². The number of carbonyl (C=O) groups is 1. The van der Waals surface area contributed by atoms with Crippen LogP contribution < -0.4 is 11.1 Å². The summed E-state index contributed by atoms with van der Waals surface area (Å²) >= 11 is 0. The zero-order chi connectivity index (χ0) is 13.0. The van der Waals surface area contributed by atoms with E-state index in [0.29, 0.717) is 17.4 Å². The van der Waals surface area contributed by atoms with Crippen molar-refractivity contribution in [1.82, 2.24) is 9.88 Å². The summed E-state index contributed by atoms with van der Waals surface area (Å²) in [5.74, 6) is 0.145. The summed E-state index contributed by atoms with van der Waals surface area (Å²) in [4.78, 5) is 17.8. The first kappa shape index (κ1) is 12.8. The molecule has 1 atom stereocenters. The lowest BCUT2D eigenvalue weighted by atomic mass is 10.0. The number of nitrogens with zero attached hydrogens (tertiary/aromatic N) is 2. The fourth-order valence-electron chi connectivity index (χ4n) is 2.36. The van der Waals surface area contributed by atoms with Gasteiger partial charge < -0.3 is 16.0 Å². The van der Waals surface area contributed by atoms with E-state index in [9.17, 15) is 4.79 Å². The van der Waals surface area contributed by atoms with E-state index in [1.807, 2.05) is 0 Å². The number of aromatic nitrogens is 1. The molecule has 2 rings (SSSR count). The van der Waals surface area contributed by atoms with Crippen molar-refractivity contribution in [1.29, 1.82) is 0 Å². The predicted molar refractivity (Wildman–Crippen MR) is 71.5 cm³/mol. The first-order valence-corrected chi connectivity index (χ1v) is 6.37. The molecule has 5 heteroatoms. The van der Waals surface area contributed by atoms with Gasteiger partial charge in [0, 0.05) is 18.8 Å². The van der Waals surface area contributed by atoms with E-state index >= 15 is 0 Å². The van der Waals surface area contributed by atoms with Crippen LogP contribution in [0.25, 0.3) is 0 Å². The van der Waals surface area contributed by atoms with Crippen molar-refractivity contribution >= 4 is 11.7 Å². The van der Waals surface area contributed by atoms with Crippen molar-refractivity contribution in [3.05, 3.63) is 23.9 Å². The second-order valence-electron chi connectivity index (χ2n) is 4.77. The molecular formula is C13H20N4O. The summed E-state index contributed by atoms with van der Waals surface area (Å²) in [5, 5.41) is 3.24. The van der Waals surface area contributed by atoms with Crippen molar-refractivity contribution in [2.75, 3.05) is 25.5 Å². The number of hydrogen-bond acceptors (Lipinski definition) is 4. The number of likely N-dealkylation sites (N-methyl/N-ethyl adjacent to an activating group) is 1. The third-order valence-corrected chi connectivity index (χ3v) is 3.50. The highest BCUT2D eigenvalue weighted by Gasteiger charge is 2.19. The van der Waals surface area contributed by atoms with Gasteiger partial charge in [0.2, 0.25) is 0 Å². The van der Waals surface area contributed by atoms with E-state index in [0.717, 1.165) is 13.1 Å². The van der Waals surface area contributed by atoms with Gasteiger partial charge >= 0.3 is 0 Å². The van der Waals surface area contributed by atoms with Crippen LogP contribution in [0.5, 0.6) is 0 Å². The number of piperidine rings is 1. The monoisotopic (exact) mass is 248 g/mol. The van der Waals surface area contributed by atoms with E-state index < -0.39 is 5.91 Å². The molecule has 0 saturated carbocycles. The van der Waals surface area contributed by atoms with Gasteiger partial charge in [-0.1, -0.05) is 6.42 Å². The molecule has 1 unspecified atom stereocenters. The van der Waals surface area contributed by atoms with Crippen LogP contribution in [-0.2, 0) is 0 Å². The molecule has 1 aliphatic rings. The van der Waals surface area contributed by atoms with Crippen LogP contribution in [0.1, 0.15) is 29.6 Å². The molecule has 0 aromatic carbocycles. The van der Waals surface area contributed by atoms with Gasteiger partial charge in [0.05, 0.1) is 5.56 Å². The van der Waals surface area contributed by atoms with Crippen molar-refractivity contribution in [2.45, 2.75) is 25.3 Å². The van der Waals surface area contributed by atoms with Gasteiger partial charge in [0.1, 0.15) is 5.82 Å². The molecule has 1 aromatic rings. The fourth-order valence-corrected chi connectivity index (χ4v) is 2.36. The Morgan fingerprint density at radius 2 is 2.44 bits per heavy atom. The number of pyridine rings is 1. The van der Waals surface area contributed by atoms with E-state index in [1.54, 1.807) is 18.3 Å². The van der Waals surface area contributed by atoms with E-state index in [1.165, 1.54) is 19.3 Å². The largest absolute Gasteiger partial charge is 0.368 e. The molecule has 2 heterocycles.